The highest BCUT2D eigenvalue weighted by Gasteiger charge is 2.28. The minimum Gasteiger partial charge on any atom is -0.493 e. The summed E-state index contributed by atoms with van der Waals surface area (Å²) in [6.45, 7) is 3.67. The highest BCUT2D eigenvalue weighted by atomic mass is 16.5. The standard InChI is InChI=1S/C25H31N5O4/c1-32-22-8-3-17(15-23(22)33-2)21-9-10-26-24-16-20(28-30(21)24)25(31)27-18-4-6-19(7-5-18)29-11-13-34-14-12-29/h3,8-10,15-16,18-19H,4-7,11-14H2,1-2H3,(H,27,31). The van der Waals surface area contributed by atoms with Gasteiger partial charge in [0.15, 0.2) is 22.8 Å². The fourth-order valence-corrected chi connectivity index (χ4v) is 5.01. The van der Waals surface area contributed by atoms with Crippen molar-refractivity contribution in [1.29, 1.82) is 0 Å². The molecule has 2 fully saturated rings. The van der Waals surface area contributed by atoms with Crippen LogP contribution >= 0.6 is 0 Å². The van der Waals surface area contributed by atoms with Crippen LogP contribution in [0.2, 0.25) is 0 Å². The summed E-state index contributed by atoms with van der Waals surface area (Å²) < 4.78 is 18.0. The summed E-state index contributed by atoms with van der Waals surface area (Å²) >= 11 is 0. The third kappa shape index (κ3) is 4.58. The first-order valence-corrected chi connectivity index (χ1v) is 11.9. The lowest BCUT2D eigenvalue weighted by Crippen LogP contribution is -2.47. The Hall–Kier alpha value is -3.17. The van der Waals surface area contributed by atoms with Crippen LogP contribution in [0.4, 0.5) is 0 Å². The van der Waals surface area contributed by atoms with Gasteiger partial charge >= 0.3 is 0 Å². The van der Waals surface area contributed by atoms with Gasteiger partial charge in [-0.15, -0.1) is 0 Å². The van der Waals surface area contributed by atoms with Gasteiger partial charge in [0.2, 0.25) is 0 Å². The van der Waals surface area contributed by atoms with Gasteiger partial charge in [-0.1, -0.05) is 0 Å². The molecule has 9 nitrogen and oxygen atoms in total. The van der Waals surface area contributed by atoms with Crippen molar-refractivity contribution in [3.05, 3.63) is 42.2 Å². The number of carbonyl (C=O) groups excluding carboxylic acids is 1. The molecule has 1 aliphatic heterocycles. The summed E-state index contributed by atoms with van der Waals surface area (Å²) in [4.78, 5) is 20.0. The lowest BCUT2D eigenvalue weighted by molar-refractivity contribution is 0.00664. The summed E-state index contributed by atoms with van der Waals surface area (Å²) in [7, 11) is 3.21. The monoisotopic (exact) mass is 465 g/mol. The van der Waals surface area contributed by atoms with Crippen LogP contribution in [0.3, 0.4) is 0 Å². The average Bonchev–Trinajstić information content (AvgIpc) is 3.34. The second-order valence-electron chi connectivity index (χ2n) is 8.83. The first kappa shape index (κ1) is 22.6. The molecule has 1 aliphatic carbocycles. The molecule has 0 spiro atoms. The van der Waals surface area contributed by atoms with E-state index in [1.165, 1.54) is 0 Å². The molecule has 9 heteroatoms. The number of methoxy groups -OCH3 is 2. The second-order valence-corrected chi connectivity index (χ2v) is 8.83. The lowest BCUT2D eigenvalue weighted by atomic mass is 9.90. The number of amides is 1. The van der Waals surface area contributed by atoms with Crippen LogP contribution in [-0.4, -0.2) is 78.0 Å². The molecule has 3 heterocycles. The fourth-order valence-electron chi connectivity index (χ4n) is 5.01. The van der Waals surface area contributed by atoms with Gasteiger partial charge in [0.05, 0.1) is 33.1 Å². The van der Waals surface area contributed by atoms with Crippen LogP contribution < -0.4 is 14.8 Å². The van der Waals surface area contributed by atoms with E-state index < -0.39 is 0 Å². The molecule has 1 N–H and O–H groups in total. The fraction of sp³-hybridized carbons (Fsp3) is 0.480. The van der Waals surface area contributed by atoms with E-state index in [2.05, 4.69) is 20.3 Å². The molecule has 0 atom stereocenters. The van der Waals surface area contributed by atoms with E-state index in [9.17, 15) is 4.79 Å². The zero-order valence-electron chi connectivity index (χ0n) is 19.7. The van der Waals surface area contributed by atoms with Gasteiger partial charge in [-0.2, -0.15) is 5.10 Å². The number of hydrogen-bond donors (Lipinski definition) is 1. The van der Waals surface area contributed by atoms with Crippen LogP contribution in [-0.2, 0) is 4.74 Å². The summed E-state index contributed by atoms with van der Waals surface area (Å²) in [6.07, 6.45) is 5.88. The number of carbonyl (C=O) groups is 1. The number of fused-ring (bicyclic) bond motifs is 1. The maximum atomic E-state index is 13.0. The van der Waals surface area contributed by atoms with Crippen molar-refractivity contribution < 1.29 is 19.0 Å². The minimum atomic E-state index is -0.154. The largest absolute Gasteiger partial charge is 0.493 e. The quantitative estimate of drug-likeness (QED) is 0.599. The highest BCUT2D eigenvalue weighted by Crippen LogP contribution is 2.32. The Bertz CT molecular complexity index is 1150. The number of nitrogens with one attached hydrogen (secondary N) is 1. The van der Waals surface area contributed by atoms with Crippen LogP contribution in [0.5, 0.6) is 11.5 Å². The van der Waals surface area contributed by atoms with E-state index in [0.29, 0.717) is 28.9 Å². The average molecular weight is 466 g/mol. The summed E-state index contributed by atoms with van der Waals surface area (Å²) in [5, 5.41) is 7.78. The van der Waals surface area contributed by atoms with E-state index in [-0.39, 0.29) is 11.9 Å². The molecule has 0 unspecified atom stereocenters. The van der Waals surface area contributed by atoms with E-state index in [0.717, 1.165) is 63.2 Å². The number of rotatable bonds is 6. The Morgan fingerprint density at radius 2 is 1.79 bits per heavy atom. The summed E-state index contributed by atoms with van der Waals surface area (Å²) in [5.74, 6) is 1.13. The van der Waals surface area contributed by atoms with E-state index in [4.69, 9.17) is 14.2 Å². The molecule has 3 aromatic rings. The second kappa shape index (κ2) is 9.99. The Balaban J connectivity index is 1.29. The molecule has 0 bridgehead atoms. The van der Waals surface area contributed by atoms with Crippen molar-refractivity contribution in [3.8, 4) is 22.8 Å². The van der Waals surface area contributed by atoms with Crippen molar-refractivity contribution in [2.75, 3.05) is 40.5 Å². The van der Waals surface area contributed by atoms with Crippen molar-refractivity contribution in [2.24, 2.45) is 0 Å². The Morgan fingerprint density at radius 3 is 2.53 bits per heavy atom. The first-order chi connectivity index (χ1) is 16.7. The van der Waals surface area contributed by atoms with Crippen molar-refractivity contribution >= 4 is 11.6 Å². The van der Waals surface area contributed by atoms with Crippen LogP contribution in [0.1, 0.15) is 36.2 Å². The summed E-state index contributed by atoms with van der Waals surface area (Å²) in [6, 6.07) is 10.1. The van der Waals surface area contributed by atoms with Gasteiger partial charge < -0.3 is 19.5 Å². The van der Waals surface area contributed by atoms with E-state index >= 15 is 0 Å². The highest BCUT2D eigenvalue weighted by molar-refractivity contribution is 5.93. The zero-order valence-corrected chi connectivity index (χ0v) is 19.7. The third-order valence-electron chi connectivity index (χ3n) is 6.86. The maximum Gasteiger partial charge on any atom is 0.272 e. The zero-order chi connectivity index (χ0) is 23.5. The van der Waals surface area contributed by atoms with Crippen LogP contribution in [0.15, 0.2) is 36.5 Å². The van der Waals surface area contributed by atoms with E-state index in [1.807, 2.05) is 24.3 Å². The minimum absolute atomic E-state index is 0.154. The van der Waals surface area contributed by atoms with Crippen molar-refractivity contribution in [1.82, 2.24) is 24.8 Å². The molecule has 0 radical (unpaired) electrons. The number of benzene rings is 1. The van der Waals surface area contributed by atoms with E-state index in [1.54, 1.807) is 31.0 Å². The Kier molecular flexibility index (Phi) is 6.64. The number of nitrogens with zero attached hydrogens (tertiary/aromatic N) is 4. The lowest BCUT2D eigenvalue weighted by Gasteiger charge is -2.38. The maximum absolute atomic E-state index is 13.0. The topological polar surface area (TPSA) is 90.2 Å². The van der Waals surface area contributed by atoms with Crippen LogP contribution in [0, 0.1) is 0 Å². The van der Waals surface area contributed by atoms with Gasteiger partial charge in [-0.3, -0.25) is 9.69 Å². The molecule has 2 aliphatic rings. The Labute approximate surface area is 199 Å². The van der Waals surface area contributed by atoms with Gasteiger partial charge in [0.1, 0.15) is 0 Å². The normalized spacial score (nSPS) is 21.4. The molecule has 1 aromatic carbocycles. The molecular weight excluding hydrogens is 434 g/mol. The molecular formula is C25H31N5O4. The molecule has 34 heavy (non-hydrogen) atoms. The van der Waals surface area contributed by atoms with Gasteiger partial charge in [0, 0.05) is 43.0 Å². The molecule has 180 valence electrons. The number of morpholine rings is 1. The number of ether oxygens (including phenoxy) is 3. The smallest absolute Gasteiger partial charge is 0.272 e. The Morgan fingerprint density at radius 1 is 1.03 bits per heavy atom. The van der Waals surface area contributed by atoms with Gasteiger partial charge in [-0.05, 0) is 49.9 Å². The predicted molar refractivity (Wildman–Crippen MR) is 127 cm³/mol. The molecule has 5 rings (SSSR count). The summed E-state index contributed by atoms with van der Waals surface area (Å²) in [5.41, 5.74) is 2.70. The number of aromatic nitrogens is 3. The first-order valence-electron chi connectivity index (χ1n) is 11.9. The van der Waals surface area contributed by atoms with Crippen LogP contribution in [0.25, 0.3) is 16.9 Å². The number of hydrogen-bond acceptors (Lipinski definition) is 7. The molecule has 1 amide bonds. The van der Waals surface area contributed by atoms with Gasteiger partial charge in [-0.25, -0.2) is 9.50 Å². The van der Waals surface area contributed by atoms with Gasteiger partial charge in [0.25, 0.3) is 5.91 Å². The molecule has 1 saturated heterocycles. The third-order valence-corrected chi connectivity index (χ3v) is 6.86. The molecule has 2 aromatic heterocycles. The van der Waals surface area contributed by atoms with Crippen molar-refractivity contribution in [3.63, 3.8) is 0 Å². The predicted octanol–water partition coefficient (Wildman–Crippen LogP) is 2.79. The van der Waals surface area contributed by atoms with Crippen molar-refractivity contribution in [2.45, 2.75) is 37.8 Å². The SMILES string of the molecule is COc1ccc(-c2ccnc3cc(C(=O)NC4CCC(N5CCOCC5)CC4)nn23)cc1OC. The molecule has 1 saturated carbocycles.